The highest BCUT2D eigenvalue weighted by molar-refractivity contribution is 5.68. The SMILES string of the molecule is C=Cc1cc(CN(CCCC)C(=O)OC(C)(C)C)cc(OC(F)(F)F)c1. The fraction of sp³-hybridized carbons (Fsp3) is 0.526. The van der Waals surface area contributed by atoms with Crippen molar-refractivity contribution in [3.8, 4) is 5.75 Å². The maximum atomic E-state index is 12.5. The van der Waals surface area contributed by atoms with E-state index in [4.69, 9.17) is 4.74 Å². The van der Waals surface area contributed by atoms with Gasteiger partial charge in [0.25, 0.3) is 0 Å². The van der Waals surface area contributed by atoms with E-state index < -0.39 is 18.1 Å². The zero-order valence-corrected chi connectivity index (χ0v) is 15.7. The summed E-state index contributed by atoms with van der Waals surface area (Å²) >= 11 is 0. The molecule has 1 aromatic rings. The van der Waals surface area contributed by atoms with E-state index in [0.717, 1.165) is 12.8 Å². The van der Waals surface area contributed by atoms with Gasteiger partial charge in [-0.15, -0.1) is 13.2 Å². The average molecular weight is 373 g/mol. The first-order valence-electron chi connectivity index (χ1n) is 8.43. The number of amides is 1. The lowest BCUT2D eigenvalue weighted by molar-refractivity contribution is -0.274. The van der Waals surface area contributed by atoms with Gasteiger partial charge in [0.2, 0.25) is 0 Å². The van der Waals surface area contributed by atoms with Gasteiger partial charge in [0.05, 0.1) is 0 Å². The molecule has 0 N–H and O–H groups in total. The van der Waals surface area contributed by atoms with Crippen LogP contribution in [-0.2, 0) is 11.3 Å². The van der Waals surface area contributed by atoms with Crippen LogP contribution in [0.3, 0.4) is 0 Å². The quantitative estimate of drug-likeness (QED) is 0.609. The number of unbranched alkanes of at least 4 members (excludes halogenated alkanes) is 1. The van der Waals surface area contributed by atoms with Crippen LogP contribution in [0.4, 0.5) is 18.0 Å². The van der Waals surface area contributed by atoms with Gasteiger partial charge in [-0.3, -0.25) is 0 Å². The highest BCUT2D eigenvalue weighted by atomic mass is 19.4. The van der Waals surface area contributed by atoms with Crippen molar-refractivity contribution in [2.45, 2.75) is 59.0 Å². The fourth-order valence-corrected chi connectivity index (χ4v) is 2.22. The molecule has 146 valence electrons. The van der Waals surface area contributed by atoms with Crippen molar-refractivity contribution < 1.29 is 27.4 Å². The first-order chi connectivity index (χ1) is 11.9. The highest BCUT2D eigenvalue weighted by Crippen LogP contribution is 2.26. The lowest BCUT2D eigenvalue weighted by Gasteiger charge is -2.27. The molecule has 0 aliphatic heterocycles. The molecular weight excluding hydrogens is 347 g/mol. The molecule has 0 saturated heterocycles. The summed E-state index contributed by atoms with van der Waals surface area (Å²) in [6.45, 7) is 11.4. The van der Waals surface area contributed by atoms with Crippen LogP contribution in [0.15, 0.2) is 24.8 Å². The van der Waals surface area contributed by atoms with Crippen molar-refractivity contribution >= 4 is 12.2 Å². The van der Waals surface area contributed by atoms with Crippen LogP contribution in [0.2, 0.25) is 0 Å². The number of hydrogen-bond donors (Lipinski definition) is 0. The Kier molecular flexibility index (Phi) is 7.54. The molecule has 1 aromatic carbocycles. The number of ether oxygens (including phenoxy) is 2. The minimum atomic E-state index is -4.79. The van der Waals surface area contributed by atoms with Gasteiger partial charge in [0.15, 0.2) is 0 Å². The van der Waals surface area contributed by atoms with Crippen LogP contribution in [0.25, 0.3) is 6.08 Å². The standard InChI is InChI=1S/C19H26F3NO3/c1-6-8-9-23(17(24)26-18(3,4)5)13-15-10-14(7-2)11-16(12-15)25-19(20,21)22/h7,10-12H,2,6,8-9,13H2,1,3-5H3. The van der Waals surface area contributed by atoms with Gasteiger partial charge in [-0.1, -0.05) is 26.0 Å². The monoisotopic (exact) mass is 373 g/mol. The molecule has 0 saturated carbocycles. The zero-order chi connectivity index (χ0) is 20.0. The molecule has 26 heavy (non-hydrogen) atoms. The summed E-state index contributed by atoms with van der Waals surface area (Å²) in [6, 6.07) is 4.18. The number of carbonyl (C=O) groups excluding carboxylic acids is 1. The molecule has 0 aromatic heterocycles. The Morgan fingerprint density at radius 1 is 1.23 bits per heavy atom. The summed E-state index contributed by atoms with van der Waals surface area (Å²) in [7, 11) is 0. The molecule has 7 heteroatoms. The molecule has 0 aliphatic rings. The summed E-state index contributed by atoms with van der Waals surface area (Å²) in [5, 5.41) is 0. The van der Waals surface area contributed by atoms with Crippen LogP contribution in [0.5, 0.6) is 5.75 Å². The van der Waals surface area contributed by atoms with Gasteiger partial charge >= 0.3 is 12.5 Å². The lowest BCUT2D eigenvalue weighted by Crippen LogP contribution is -2.37. The molecule has 0 spiro atoms. The Morgan fingerprint density at radius 3 is 2.38 bits per heavy atom. The third-order valence-electron chi connectivity index (χ3n) is 3.26. The molecule has 0 unspecified atom stereocenters. The topological polar surface area (TPSA) is 38.8 Å². The summed E-state index contributed by atoms with van der Waals surface area (Å²) in [6.07, 6.45) is -2.24. The van der Waals surface area contributed by atoms with Crippen molar-refractivity contribution in [2.24, 2.45) is 0 Å². The lowest BCUT2D eigenvalue weighted by atomic mass is 10.1. The van der Waals surface area contributed by atoms with Gasteiger partial charge in [0, 0.05) is 13.1 Å². The van der Waals surface area contributed by atoms with Gasteiger partial charge in [-0.05, 0) is 56.5 Å². The van der Waals surface area contributed by atoms with Gasteiger partial charge < -0.3 is 14.4 Å². The number of carbonyl (C=O) groups is 1. The van der Waals surface area contributed by atoms with E-state index in [-0.39, 0.29) is 12.3 Å². The molecule has 1 amide bonds. The maximum absolute atomic E-state index is 12.5. The highest BCUT2D eigenvalue weighted by Gasteiger charge is 2.31. The molecule has 0 aliphatic carbocycles. The van der Waals surface area contributed by atoms with E-state index in [1.807, 2.05) is 6.92 Å². The Bertz CT molecular complexity index is 621. The molecule has 0 atom stereocenters. The Balaban J connectivity index is 3.06. The van der Waals surface area contributed by atoms with E-state index in [1.54, 1.807) is 26.8 Å². The first kappa shape index (κ1) is 21.9. The average Bonchev–Trinajstić information content (AvgIpc) is 2.47. The van der Waals surface area contributed by atoms with Gasteiger partial charge in [-0.2, -0.15) is 0 Å². The van der Waals surface area contributed by atoms with Crippen LogP contribution >= 0.6 is 0 Å². The predicted molar refractivity (Wildman–Crippen MR) is 94.8 cm³/mol. The minimum Gasteiger partial charge on any atom is -0.444 e. The Hall–Kier alpha value is -2.18. The summed E-state index contributed by atoms with van der Waals surface area (Å²) < 4.78 is 47.0. The minimum absolute atomic E-state index is 0.116. The molecular formula is C19H26F3NO3. The third-order valence-corrected chi connectivity index (χ3v) is 3.26. The second-order valence-corrected chi connectivity index (χ2v) is 6.92. The zero-order valence-electron chi connectivity index (χ0n) is 15.7. The van der Waals surface area contributed by atoms with E-state index in [1.165, 1.54) is 23.1 Å². The molecule has 0 heterocycles. The number of alkyl halides is 3. The largest absolute Gasteiger partial charge is 0.573 e. The molecule has 1 rings (SSSR count). The molecule has 0 fully saturated rings. The second-order valence-electron chi connectivity index (χ2n) is 6.92. The van der Waals surface area contributed by atoms with E-state index >= 15 is 0 Å². The van der Waals surface area contributed by atoms with Gasteiger partial charge in [-0.25, -0.2) is 4.79 Å². The number of rotatable bonds is 7. The Morgan fingerprint density at radius 2 is 1.88 bits per heavy atom. The normalized spacial score (nSPS) is 11.8. The van der Waals surface area contributed by atoms with Crippen molar-refractivity contribution in [3.05, 3.63) is 35.9 Å². The summed E-state index contributed by atoms with van der Waals surface area (Å²) in [5.41, 5.74) is 0.319. The summed E-state index contributed by atoms with van der Waals surface area (Å²) in [4.78, 5) is 13.9. The van der Waals surface area contributed by atoms with E-state index in [0.29, 0.717) is 17.7 Å². The van der Waals surface area contributed by atoms with Crippen LogP contribution in [-0.4, -0.2) is 29.5 Å². The number of nitrogens with zero attached hydrogens (tertiary/aromatic N) is 1. The fourth-order valence-electron chi connectivity index (χ4n) is 2.22. The van der Waals surface area contributed by atoms with Crippen molar-refractivity contribution in [1.82, 2.24) is 4.90 Å². The van der Waals surface area contributed by atoms with Crippen molar-refractivity contribution in [3.63, 3.8) is 0 Å². The predicted octanol–water partition coefficient (Wildman–Crippen LogP) is 5.77. The maximum Gasteiger partial charge on any atom is 0.573 e. The molecule has 0 radical (unpaired) electrons. The van der Waals surface area contributed by atoms with Crippen LogP contribution < -0.4 is 4.74 Å². The van der Waals surface area contributed by atoms with Crippen LogP contribution in [0, 0.1) is 0 Å². The molecule has 4 nitrogen and oxygen atoms in total. The van der Waals surface area contributed by atoms with Crippen molar-refractivity contribution in [1.29, 1.82) is 0 Å². The number of hydrogen-bond acceptors (Lipinski definition) is 3. The Labute approximate surface area is 152 Å². The summed E-state index contributed by atoms with van der Waals surface area (Å²) in [5.74, 6) is -0.343. The first-order valence-corrected chi connectivity index (χ1v) is 8.43. The van der Waals surface area contributed by atoms with Crippen molar-refractivity contribution in [2.75, 3.05) is 6.54 Å². The smallest absolute Gasteiger partial charge is 0.444 e. The third kappa shape index (κ3) is 8.27. The molecule has 0 bridgehead atoms. The number of halogens is 3. The van der Waals surface area contributed by atoms with Crippen LogP contribution in [0.1, 0.15) is 51.7 Å². The van der Waals surface area contributed by atoms with E-state index in [9.17, 15) is 18.0 Å². The number of benzene rings is 1. The van der Waals surface area contributed by atoms with E-state index in [2.05, 4.69) is 11.3 Å². The second kappa shape index (κ2) is 8.96. The van der Waals surface area contributed by atoms with Gasteiger partial charge in [0.1, 0.15) is 11.4 Å².